The largest absolute Gasteiger partial charge is 0.508 e. The van der Waals surface area contributed by atoms with Crippen molar-refractivity contribution in [3.8, 4) is 11.5 Å². The third-order valence-corrected chi connectivity index (χ3v) is 8.47. The number of carboxylic acid groups (broad SMARTS) is 1. The number of ether oxygens (including phenoxy) is 2. The van der Waals surface area contributed by atoms with Crippen LogP contribution in [0, 0.1) is 0 Å². The van der Waals surface area contributed by atoms with Gasteiger partial charge in [0.05, 0.1) is 22.5 Å². The molecule has 6 N–H and O–H groups in total. The number of azo groups is 2. The maximum absolute atomic E-state index is 13.7. The zero-order valence-corrected chi connectivity index (χ0v) is 33.6. The molecule has 17 nitrogen and oxygen atoms in total. The van der Waals surface area contributed by atoms with Crippen molar-refractivity contribution in [3.05, 3.63) is 107 Å². The van der Waals surface area contributed by atoms with Gasteiger partial charge in [0.15, 0.2) is 0 Å². The Hall–Kier alpha value is -7.01. The van der Waals surface area contributed by atoms with Crippen molar-refractivity contribution in [1.29, 1.82) is 0 Å². The molecule has 0 aliphatic heterocycles. The molecular formula is C43H49N7O10. The first-order valence-electron chi connectivity index (χ1n) is 19.3. The monoisotopic (exact) mass is 823 g/mol. The van der Waals surface area contributed by atoms with Crippen LogP contribution in [0.15, 0.2) is 105 Å². The molecule has 0 radical (unpaired) electrons. The molecule has 0 heterocycles. The normalized spacial score (nSPS) is 11.3. The number of nitrogens with zero attached hydrogens (tertiary/aromatic N) is 4. The van der Waals surface area contributed by atoms with Gasteiger partial charge in [-0.1, -0.05) is 37.1 Å². The molecule has 0 aliphatic carbocycles. The van der Waals surface area contributed by atoms with Gasteiger partial charge >= 0.3 is 18.0 Å². The number of carbonyl (C=O) groups excluding carboxylic acids is 4. The molecule has 0 saturated carbocycles. The predicted octanol–water partition coefficient (Wildman–Crippen LogP) is 8.23. The van der Waals surface area contributed by atoms with Gasteiger partial charge in [0.2, 0.25) is 11.8 Å². The number of phenols is 1. The van der Waals surface area contributed by atoms with Gasteiger partial charge in [-0.15, -0.1) is 10.2 Å². The van der Waals surface area contributed by atoms with Crippen molar-refractivity contribution in [1.82, 2.24) is 16.2 Å². The zero-order valence-electron chi connectivity index (χ0n) is 33.6. The predicted molar refractivity (Wildman–Crippen MR) is 220 cm³/mol. The highest BCUT2D eigenvalue weighted by Gasteiger charge is 2.19. The average molecular weight is 824 g/mol. The van der Waals surface area contributed by atoms with Gasteiger partial charge in [0.1, 0.15) is 28.5 Å². The smallest absolute Gasteiger partial charge is 0.426 e. The van der Waals surface area contributed by atoms with Gasteiger partial charge in [-0.25, -0.2) is 19.8 Å². The van der Waals surface area contributed by atoms with Crippen LogP contribution in [0.1, 0.15) is 91.1 Å². The number of aromatic carboxylic acids is 1. The van der Waals surface area contributed by atoms with E-state index >= 15 is 0 Å². The molecule has 316 valence electrons. The van der Waals surface area contributed by atoms with E-state index in [2.05, 4.69) is 36.6 Å². The lowest BCUT2D eigenvalue weighted by Crippen LogP contribution is -2.44. The maximum atomic E-state index is 13.7. The SMILES string of the molecule is CC(C)(C)OC(=O)NNC(=O)CCc1cc(/N=N/c2ccccc2C(=O)O)ccc1OC(=O)c1ccccc1/N=N/c1ccc(O)c(CCC(=O)NCCCCCCO)c1. The molecule has 17 heteroatoms. The molecule has 0 fully saturated rings. The van der Waals surface area contributed by atoms with E-state index < -0.39 is 29.5 Å². The second kappa shape index (κ2) is 22.8. The molecule has 4 rings (SSSR count). The van der Waals surface area contributed by atoms with Crippen molar-refractivity contribution >= 4 is 52.6 Å². The minimum Gasteiger partial charge on any atom is -0.508 e. The van der Waals surface area contributed by atoms with Crippen molar-refractivity contribution in [2.75, 3.05) is 13.2 Å². The topological polar surface area (TPSA) is 250 Å². The van der Waals surface area contributed by atoms with Gasteiger partial charge < -0.3 is 30.1 Å². The van der Waals surface area contributed by atoms with E-state index in [1.807, 2.05) is 0 Å². The third-order valence-electron chi connectivity index (χ3n) is 8.47. The number of rotatable bonds is 19. The van der Waals surface area contributed by atoms with Crippen molar-refractivity contribution in [2.24, 2.45) is 20.5 Å². The number of aryl methyl sites for hydroxylation is 2. The van der Waals surface area contributed by atoms with Crippen LogP contribution in [0.3, 0.4) is 0 Å². The Bertz CT molecular complexity index is 2200. The molecule has 0 aliphatic rings. The van der Waals surface area contributed by atoms with Crippen molar-refractivity contribution < 1.29 is 48.8 Å². The number of nitrogens with one attached hydrogen (secondary N) is 3. The first-order valence-corrected chi connectivity index (χ1v) is 19.3. The van der Waals surface area contributed by atoms with Gasteiger partial charge in [-0.2, -0.15) is 10.2 Å². The number of unbranched alkanes of at least 4 members (excludes halogenated alkanes) is 3. The number of phenolic OH excluding ortho intramolecular Hbond substituents is 1. The Labute approximate surface area is 346 Å². The van der Waals surface area contributed by atoms with E-state index in [0.717, 1.165) is 25.7 Å². The Morgan fingerprint density at radius 1 is 0.667 bits per heavy atom. The summed E-state index contributed by atoms with van der Waals surface area (Å²) < 4.78 is 11.0. The second-order valence-electron chi connectivity index (χ2n) is 14.4. The van der Waals surface area contributed by atoms with Crippen LogP contribution in [0.4, 0.5) is 27.5 Å². The highest BCUT2D eigenvalue weighted by molar-refractivity contribution is 5.96. The Morgan fingerprint density at radius 3 is 1.92 bits per heavy atom. The fourth-order valence-electron chi connectivity index (χ4n) is 5.50. The lowest BCUT2D eigenvalue weighted by atomic mass is 10.1. The fraction of sp³-hybridized carbons (Fsp3) is 0.326. The van der Waals surface area contributed by atoms with E-state index in [1.54, 1.807) is 63.2 Å². The molecule has 0 saturated heterocycles. The van der Waals surface area contributed by atoms with Crippen LogP contribution < -0.4 is 20.9 Å². The number of carbonyl (C=O) groups is 5. The van der Waals surface area contributed by atoms with E-state index in [0.29, 0.717) is 23.4 Å². The summed E-state index contributed by atoms with van der Waals surface area (Å²) >= 11 is 0. The van der Waals surface area contributed by atoms with E-state index in [1.165, 1.54) is 42.5 Å². The lowest BCUT2D eigenvalue weighted by Gasteiger charge is -2.19. The number of carboxylic acids is 1. The summed E-state index contributed by atoms with van der Waals surface area (Å²) in [5.74, 6) is -2.62. The molecule has 0 aromatic heterocycles. The molecule has 60 heavy (non-hydrogen) atoms. The molecule has 3 amide bonds. The number of amides is 3. The molecule has 4 aromatic carbocycles. The minimum absolute atomic E-state index is 0.000104. The molecule has 0 atom stereocenters. The van der Waals surface area contributed by atoms with E-state index in [-0.39, 0.29) is 77.9 Å². The standard InChI is InChI=1S/C43H49N7O10/c1-43(2,3)60-42(58)50-49-39(54)23-17-29-27-31(46-47-34-14-8-6-12-32(34)40(55)56)19-21-37(29)59-41(57)33-13-7-9-15-35(33)48-45-30-18-20-36(52)28(26-30)16-22-38(53)44-24-10-4-5-11-25-51/h6-9,12-15,18-21,26-27,51-52H,4-5,10-11,16-17,22-25H2,1-3H3,(H,44,53)(H,49,54)(H,50,58)(H,55,56)/b47-46+,48-45+. The number of hydrazine groups is 1. The van der Waals surface area contributed by atoms with Crippen LogP contribution in [0.2, 0.25) is 0 Å². The third kappa shape index (κ3) is 15.4. The average Bonchev–Trinajstić information content (AvgIpc) is 3.22. The van der Waals surface area contributed by atoms with Crippen LogP contribution >= 0.6 is 0 Å². The number of aromatic hydroxyl groups is 1. The van der Waals surface area contributed by atoms with E-state index in [4.69, 9.17) is 14.6 Å². The molecule has 4 aromatic rings. The zero-order chi connectivity index (χ0) is 43.5. The molecule has 0 unspecified atom stereocenters. The van der Waals surface area contributed by atoms with Crippen molar-refractivity contribution in [3.63, 3.8) is 0 Å². The van der Waals surface area contributed by atoms with Gasteiger partial charge in [-0.3, -0.25) is 15.0 Å². The quantitative estimate of drug-likeness (QED) is 0.0174. The van der Waals surface area contributed by atoms with Gasteiger partial charge in [0.25, 0.3) is 0 Å². The number of hydrogen-bond acceptors (Lipinski definition) is 13. The summed E-state index contributed by atoms with van der Waals surface area (Å²) in [6.07, 6.45) is 2.75. The summed E-state index contributed by atoms with van der Waals surface area (Å²) in [7, 11) is 0. The van der Waals surface area contributed by atoms with Gasteiger partial charge in [0, 0.05) is 26.0 Å². The van der Waals surface area contributed by atoms with Crippen molar-refractivity contribution in [2.45, 2.75) is 77.7 Å². The number of aliphatic hydroxyl groups excluding tert-OH is 1. The summed E-state index contributed by atoms with van der Waals surface area (Å²) in [6.45, 7) is 5.70. The lowest BCUT2D eigenvalue weighted by molar-refractivity contribution is -0.122. The maximum Gasteiger partial charge on any atom is 0.426 e. The Balaban J connectivity index is 1.49. The first kappa shape index (κ1) is 45.7. The fourth-order valence-corrected chi connectivity index (χ4v) is 5.50. The number of benzene rings is 4. The summed E-state index contributed by atoms with van der Waals surface area (Å²) in [6, 6.07) is 21.5. The summed E-state index contributed by atoms with van der Waals surface area (Å²) in [5.41, 5.74) is 5.47. The minimum atomic E-state index is -1.18. The highest BCUT2D eigenvalue weighted by Crippen LogP contribution is 2.31. The number of hydrogen-bond donors (Lipinski definition) is 6. The second-order valence-corrected chi connectivity index (χ2v) is 14.4. The Kier molecular flexibility index (Phi) is 17.4. The van der Waals surface area contributed by atoms with Gasteiger partial charge in [-0.05, 0) is 118 Å². The Morgan fingerprint density at radius 2 is 1.25 bits per heavy atom. The van der Waals surface area contributed by atoms with Crippen LogP contribution in [0.25, 0.3) is 0 Å². The van der Waals surface area contributed by atoms with Crippen LogP contribution in [-0.4, -0.2) is 63.9 Å². The van der Waals surface area contributed by atoms with Crippen LogP contribution in [-0.2, 0) is 27.2 Å². The number of aliphatic hydroxyl groups is 1. The first-order chi connectivity index (χ1) is 28.7. The molecular weight excluding hydrogens is 775 g/mol. The highest BCUT2D eigenvalue weighted by atomic mass is 16.6. The number of esters is 1. The summed E-state index contributed by atoms with van der Waals surface area (Å²) in [4.78, 5) is 62.4. The van der Waals surface area contributed by atoms with Crippen LogP contribution in [0.5, 0.6) is 11.5 Å². The van der Waals surface area contributed by atoms with E-state index in [9.17, 15) is 34.2 Å². The summed E-state index contributed by atoms with van der Waals surface area (Å²) in [5, 5.41) is 48.5. The molecule has 0 bridgehead atoms. The molecule has 0 spiro atoms.